The van der Waals surface area contributed by atoms with Gasteiger partial charge in [-0.15, -0.1) is 0 Å². The molecule has 15 heavy (non-hydrogen) atoms. The van der Waals surface area contributed by atoms with E-state index in [4.69, 9.17) is 0 Å². The van der Waals surface area contributed by atoms with Gasteiger partial charge in [0.05, 0.1) is 0 Å². The van der Waals surface area contributed by atoms with Crippen molar-refractivity contribution in [3.8, 4) is 0 Å². The number of aryl methyl sites for hydroxylation is 2. The summed E-state index contributed by atoms with van der Waals surface area (Å²) in [6.07, 6.45) is 3.79. The van der Waals surface area contributed by atoms with E-state index in [-0.39, 0.29) is 0 Å². The molecule has 1 heteroatoms. The Morgan fingerprint density at radius 2 is 1.80 bits per heavy atom. The second kappa shape index (κ2) is 6.62. The quantitative estimate of drug-likeness (QED) is 0.752. The molecule has 0 saturated heterocycles. The summed E-state index contributed by atoms with van der Waals surface area (Å²) in [6.45, 7) is 5.61. The van der Waals surface area contributed by atoms with Gasteiger partial charge in [0.15, 0.2) is 0 Å². The molecule has 1 nitrogen and oxygen atoms in total. The van der Waals surface area contributed by atoms with Crippen molar-refractivity contribution in [2.75, 3.05) is 13.6 Å². The predicted molar refractivity (Wildman–Crippen MR) is 67.2 cm³/mol. The third-order valence-corrected chi connectivity index (χ3v) is 2.93. The number of hydrogen-bond donors (Lipinski definition) is 1. The van der Waals surface area contributed by atoms with E-state index in [1.165, 1.54) is 30.4 Å². The van der Waals surface area contributed by atoms with Crippen molar-refractivity contribution >= 4 is 0 Å². The van der Waals surface area contributed by atoms with Crippen LogP contribution in [0, 0.1) is 12.8 Å². The van der Waals surface area contributed by atoms with E-state index >= 15 is 0 Å². The first-order valence-corrected chi connectivity index (χ1v) is 5.92. The summed E-state index contributed by atoms with van der Waals surface area (Å²) in [5.74, 6) is 0.818. The van der Waals surface area contributed by atoms with Gasteiger partial charge in [0.2, 0.25) is 0 Å². The molecule has 0 radical (unpaired) electrons. The first-order chi connectivity index (χ1) is 7.22. The van der Waals surface area contributed by atoms with Gasteiger partial charge in [-0.3, -0.25) is 0 Å². The summed E-state index contributed by atoms with van der Waals surface area (Å²) >= 11 is 0. The van der Waals surface area contributed by atoms with E-state index in [1.54, 1.807) is 0 Å². The van der Waals surface area contributed by atoms with Gasteiger partial charge in [0.25, 0.3) is 0 Å². The molecule has 1 aromatic carbocycles. The van der Waals surface area contributed by atoms with Gasteiger partial charge in [0, 0.05) is 0 Å². The van der Waals surface area contributed by atoms with Crippen LogP contribution in [0.25, 0.3) is 0 Å². The van der Waals surface area contributed by atoms with Gasteiger partial charge in [-0.25, -0.2) is 0 Å². The molecule has 0 saturated carbocycles. The van der Waals surface area contributed by atoms with Crippen molar-refractivity contribution in [1.82, 2.24) is 5.32 Å². The summed E-state index contributed by atoms with van der Waals surface area (Å²) < 4.78 is 0. The molecule has 1 aromatic rings. The third-order valence-electron chi connectivity index (χ3n) is 2.93. The number of rotatable bonds is 6. The molecule has 1 unspecified atom stereocenters. The van der Waals surface area contributed by atoms with Gasteiger partial charge in [-0.2, -0.15) is 0 Å². The molecule has 0 bridgehead atoms. The van der Waals surface area contributed by atoms with E-state index in [1.807, 2.05) is 7.05 Å². The zero-order valence-electron chi connectivity index (χ0n) is 10.2. The SMILES string of the molecule is CNCCC(C)CCc1ccc(C)cc1. The molecule has 84 valence electrons. The highest BCUT2D eigenvalue weighted by molar-refractivity contribution is 5.21. The number of hydrogen-bond acceptors (Lipinski definition) is 1. The zero-order valence-corrected chi connectivity index (χ0v) is 10.2. The highest BCUT2D eigenvalue weighted by Gasteiger charge is 2.01. The van der Waals surface area contributed by atoms with E-state index < -0.39 is 0 Å². The molecule has 0 spiro atoms. The van der Waals surface area contributed by atoms with E-state index in [0.29, 0.717) is 0 Å². The lowest BCUT2D eigenvalue weighted by Crippen LogP contribution is -2.11. The molecule has 0 aromatic heterocycles. The fourth-order valence-electron chi connectivity index (χ4n) is 1.70. The maximum Gasteiger partial charge on any atom is -0.00494 e. The first kappa shape index (κ1) is 12.3. The Balaban J connectivity index is 2.27. The highest BCUT2D eigenvalue weighted by atomic mass is 14.8. The molecule has 1 N–H and O–H groups in total. The average Bonchev–Trinajstić information content (AvgIpc) is 2.25. The van der Waals surface area contributed by atoms with Crippen molar-refractivity contribution in [3.63, 3.8) is 0 Å². The van der Waals surface area contributed by atoms with Crippen LogP contribution in [-0.2, 0) is 6.42 Å². The number of nitrogens with one attached hydrogen (secondary N) is 1. The second-order valence-corrected chi connectivity index (χ2v) is 4.52. The van der Waals surface area contributed by atoms with E-state index in [2.05, 4.69) is 43.4 Å². The fourth-order valence-corrected chi connectivity index (χ4v) is 1.70. The Morgan fingerprint density at radius 1 is 1.13 bits per heavy atom. The van der Waals surface area contributed by atoms with E-state index in [0.717, 1.165) is 12.5 Å². The van der Waals surface area contributed by atoms with E-state index in [9.17, 15) is 0 Å². The average molecular weight is 205 g/mol. The fraction of sp³-hybridized carbons (Fsp3) is 0.571. The molecular formula is C14H23N. The summed E-state index contributed by atoms with van der Waals surface area (Å²) in [5, 5.41) is 3.20. The summed E-state index contributed by atoms with van der Waals surface area (Å²) in [6, 6.07) is 8.90. The minimum atomic E-state index is 0.818. The minimum Gasteiger partial charge on any atom is -0.320 e. The van der Waals surface area contributed by atoms with Crippen LogP contribution in [0.3, 0.4) is 0 Å². The Kier molecular flexibility index (Phi) is 5.41. The highest BCUT2D eigenvalue weighted by Crippen LogP contribution is 2.12. The normalized spacial score (nSPS) is 12.7. The molecule has 0 aliphatic carbocycles. The van der Waals surface area contributed by atoms with Gasteiger partial charge < -0.3 is 5.32 Å². The van der Waals surface area contributed by atoms with Crippen molar-refractivity contribution in [2.24, 2.45) is 5.92 Å². The van der Waals surface area contributed by atoms with Crippen molar-refractivity contribution < 1.29 is 0 Å². The topological polar surface area (TPSA) is 12.0 Å². The molecule has 0 fully saturated rings. The van der Waals surface area contributed by atoms with Crippen molar-refractivity contribution in [2.45, 2.75) is 33.1 Å². The van der Waals surface area contributed by atoms with Gasteiger partial charge >= 0.3 is 0 Å². The van der Waals surface area contributed by atoms with Crippen LogP contribution in [0.1, 0.15) is 30.9 Å². The predicted octanol–water partition coefficient (Wildman–Crippen LogP) is 3.17. The molecule has 0 aliphatic heterocycles. The summed E-state index contributed by atoms with van der Waals surface area (Å²) in [5.41, 5.74) is 2.82. The lowest BCUT2D eigenvalue weighted by molar-refractivity contribution is 0.482. The Labute approximate surface area is 93.9 Å². The van der Waals surface area contributed by atoms with Crippen molar-refractivity contribution in [1.29, 1.82) is 0 Å². The third kappa shape index (κ3) is 4.98. The van der Waals surface area contributed by atoms with Crippen LogP contribution >= 0.6 is 0 Å². The Hall–Kier alpha value is -0.820. The van der Waals surface area contributed by atoms with Gasteiger partial charge in [-0.1, -0.05) is 36.8 Å². The minimum absolute atomic E-state index is 0.818. The lowest BCUT2D eigenvalue weighted by atomic mass is 9.98. The van der Waals surface area contributed by atoms with Crippen LogP contribution in [0.15, 0.2) is 24.3 Å². The molecule has 1 atom stereocenters. The maximum atomic E-state index is 3.20. The summed E-state index contributed by atoms with van der Waals surface area (Å²) in [7, 11) is 2.02. The molecular weight excluding hydrogens is 182 g/mol. The Morgan fingerprint density at radius 3 is 2.40 bits per heavy atom. The number of benzene rings is 1. The molecule has 0 heterocycles. The van der Waals surface area contributed by atoms with Crippen LogP contribution in [0.5, 0.6) is 0 Å². The smallest absolute Gasteiger partial charge is 0.00494 e. The summed E-state index contributed by atoms with van der Waals surface area (Å²) in [4.78, 5) is 0. The van der Waals surface area contributed by atoms with Crippen LogP contribution in [0.4, 0.5) is 0 Å². The zero-order chi connectivity index (χ0) is 11.1. The Bertz CT molecular complexity index is 263. The molecule has 0 amide bonds. The maximum absolute atomic E-state index is 3.20. The largest absolute Gasteiger partial charge is 0.320 e. The van der Waals surface area contributed by atoms with Crippen molar-refractivity contribution in [3.05, 3.63) is 35.4 Å². The molecule has 0 aliphatic rings. The van der Waals surface area contributed by atoms with Crippen LogP contribution in [-0.4, -0.2) is 13.6 Å². The van der Waals surface area contributed by atoms with Crippen LogP contribution < -0.4 is 5.32 Å². The second-order valence-electron chi connectivity index (χ2n) is 4.52. The van der Waals surface area contributed by atoms with Crippen LogP contribution in [0.2, 0.25) is 0 Å². The van der Waals surface area contributed by atoms with Gasteiger partial charge in [0.1, 0.15) is 0 Å². The van der Waals surface area contributed by atoms with Gasteiger partial charge in [-0.05, 0) is 51.3 Å². The first-order valence-electron chi connectivity index (χ1n) is 5.92. The monoisotopic (exact) mass is 205 g/mol. The molecule has 1 rings (SSSR count). The standard InChI is InChI=1S/C14H23N/c1-12-4-7-14(8-5-12)9-6-13(2)10-11-15-3/h4-5,7-8,13,15H,6,9-11H2,1-3H3. The lowest BCUT2D eigenvalue weighted by Gasteiger charge is -2.10.